The summed E-state index contributed by atoms with van der Waals surface area (Å²) < 4.78 is 2.12. The van der Waals surface area contributed by atoms with Crippen molar-refractivity contribution in [3.63, 3.8) is 0 Å². The van der Waals surface area contributed by atoms with Gasteiger partial charge < -0.3 is 4.40 Å². The first kappa shape index (κ1) is 71.3. The summed E-state index contributed by atoms with van der Waals surface area (Å²) >= 11 is 3.60. The number of rotatable bonds is 20. The monoisotopic (exact) mass is 1290 g/mol. The Morgan fingerprint density at radius 3 is 1.41 bits per heavy atom. The molecule has 490 valence electrons. The van der Waals surface area contributed by atoms with Gasteiger partial charge >= 0.3 is 0 Å². The molecular formula is C77H95N15S2. The summed E-state index contributed by atoms with van der Waals surface area (Å²) in [4.78, 5) is 19.7. The normalized spacial score (nSPS) is 13.1. The molecule has 0 N–H and O–H groups in total. The second-order valence-corrected chi connectivity index (χ2v) is 27.8. The van der Waals surface area contributed by atoms with Crippen LogP contribution in [0.1, 0.15) is 200 Å². The first-order chi connectivity index (χ1) is 45.2. The lowest BCUT2D eigenvalue weighted by atomic mass is 9.87. The largest absolute Gasteiger partial charge is 0.306 e. The summed E-state index contributed by atoms with van der Waals surface area (Å²) in [7, 11) is 0. The van der Waals surface area contributed by atoms with Gasteiger partial charge in [-0.3, -0.25) is 9.98 Å². The molecule has 0 spiro atoms. The molecule has 1 aliphatic carbocycles. The van der Waals surface area contributed by atoms with Crippen molar-refractivity contribution in [2.75, 3.05) is 0 Å². The number of nitrogens with zero attached hydrogens (tertiary/aromatic N) is 15. The van der Waals surface area contributed by atoms with Crippen LogP contribution < -0.4 is 0 Å². The third kappa shape index (κ3) is 22.6. The molecule has 17 heteroatoms. The van der Waals surface area contributed by atoms with Crippen LogP contribution in [0.25, 0.3) is 5.52 Å². The number of aromatic nitrogens is 14. The maximum atomic E-state index is 4.62. The van der Waals surface area contributed by atoms with Gasteiger partial charge in [0.25, 0.3) is 0 Å². The van der Waals surface area contributed by atoms with Gasteiger partial charge in [-0.15, -0.1) is 22.7 Å². The lowest BCUT2D eigenvalue weighted by Gasteiger charge is -2.16. The number of allylic oxidation sites excluding steroid dienone is 6. The number of aryl methyl sites for hydroxylation is 14. The molecule has 11 heterocycles. The second-order valence-electron chi connectivity index (χ2n) is 25.9. The van der Waals surface area contributed by atoms with Crippen LogP contribution in [-0.4, -0.2) is 76.6 Å². The van der Waals surface area contributed by atoms with E-state index >= 15 is 0 Å². The Balaban J connectivity index is 0.000000151. The molecule has 15 nitrogen and oxygen atoms in total. The third-order valence-electron chi connectivity index (χ3n) is 16.2. The molecule has 1 unspecified atom stereocenters. The molecule has 0 saturated heterocycles. The zero-order chi connectivity index (χ0) is 67.1. The van der Waals surface area contributed by atoms with Gasteiger partial charge in [-0.2, -0.15) is 51.0 Å². The van der Waals surface area contributed by atoms with Crippen LogP contribution in [0.15, 0.2) is 161 Å². The van der Waals surface area contributed by atoms with E-state index in [2.05, 4.69) is 228 Å². The van der Waals surface area contributed by atoms with Crippen molar-refractivity contribution in [2.45, 2.75) is 192 Å². The smallest absolute Gasteiger partial charge is 0.0995 e. The minimum absolute atomic E-state index is 0.367. The topological polar surface area (TPSA) is 184 Å². The number of fused-ring (bicyclic) bond motifs is 2. The van der Waals surface area contributed by atoms with E-state index in [-0.39, 0.29) is 0 Å². The highest BCUT2D eigenvalue weighted by Gasteiger charge is 2.22. The number of thiazole rings is 1. The molecule has 1 atom stereocenters. The fourth-order valence-corrected chi connectivity index (χ4v) is 12.0. The zero-order valence-electron chi connectivity index (χ0n) is 57.9. The maximum Gasteiger partial charge on any atom is 0.0995 e. The van der Waals surface area contributed by atoms with E-state index < -0.39 is 0 Å². The fraction of sp³-hybridized carbons (Fsp3) is 0.403. The SMILES string of the molecule is Cc1ccc(CCC2=C3C=CC(C(C)C)=CC3C=N2)nn1.Cc1ccc(CCc2ccc(C(C)C)nc2)nn1.Cc1ccc(CCc2csc(C(C)C)c2)nn1.Cc1ccc(CCc2nc(C(C)C)cs2)nn1.Cc1ccc(CCc2ncn3cc(C(C)C)ccc23)nn1. The summed E-state index contributed by atoms with van der Waals surface area (Å²) in [6.45, 7) is 31.8. The highest BCUT2D eigenvalue weighted by molar-refractivity contribution is 7.10. The predicted molar refractivity (Wildman–Crippen MR) is 385 cm³/mol. The van der Waals surface area contributed by atoms with Crippen molar-refractivity contribution in [3.8, 4) is 0 Å². The number of thiophene rings is 1. The number of hydrogen-bond donors (Lipinski definition) is 0. The lowest BCUT2D eigenvalue weighted by Crippen LogP contribution is -2.06. The average molecular weight is 1290 g/mol. The fourth-order valence-electron chi connectivity index (χ4n) is 10.0. The van der Waals surface area contributed by atoms with Crippen molar-refractivity contribution in [2.24, 2.45) is 16.8 Å². The van der Waals surface area contributed by atoms with Gasteiger partial charge in [0.05, 0.1) is 85.2 Å². The molecule has 12 rings (SSSR count). The quantitative estimate of drug-likeness (QED) is 0.0703. The Bertz CT molecular complexity index is 3950. The molecule has 0 fully saturated rings. The molecule has 1 aliphatic heterocycles. The Labute approximate surface area is 566 Å². The lowest BCUT2D eigenvalue weighted by molar-refractivity contribution is 0.774. The van der Waals surface area contributed by atoms with E-state index in [0.29, 0.717) is 35.5 Å². The Hall–Kier alpha value is -8.54. The minimum Gasteiger partial charge on any atom is -0.306 e. The van der Waals surface area contributed by atoms with Crippen molar-refractivity contribution in [3.05, 3.63) is 256 Å². The van der Waals surface area contributed by atoms with Crippen molar-refractivity contribution >= 4 is 34.4 Å². The molecule has 0 radical (unpaired) electrons. The third-order valence-corrected chi connectivity index (χ3v) is 18.4. The second kappa shape index (κ2) is 35.7. The Kier molecular flexibility index (Phi) is 27.0. The van der Waals surface area contributed by atoms with E-state index in [1.54, 1.807) is 11.3 Å². The van der Waals surface area contributed by atoms with Crippen LogP contribution in [-0.2, 0) is 57.8 Å². The van der Waals surface area contributed by atoms with E-state index in [0.717, 1.165) is 133 Å². The van der Waals surface area contributed by atoms with Crippen LogP contribution in [0.2, 0.25) is 0 Å². The predicted octanol–water partition coefficient (Wildman–Crippen LogP) is 17.2. The standard InChI is InChI=1S/C18H21N3.C17H20N4.C15H19N3.C14H18N2S.C13H17N3S/c1-12(2)14-5-8-17-15(10-14)11-19-18(17)9-7-16-6-4-13(3)20-21-16;1-12(2)14-5-9-17-16(18-11-21(17)10-14)8-7-15-6-4-13(3)19-20-15;1-11(2)15-9-6-13(10-16-15)5-8-14-7-4-12(3)17-18-14;1-10(2)14-8-12(9-17-14)5-7-13-6-4-11(3)15-16-13;1-9(2)12-8-17-13(14-12)7-6-11-5-4-10(3)15-16-11/h4-6,8,10-12,15H,7,9H2,1-3H3;4-6,9-12H,7-8H2,1-3H3;4,6-7,9-11H,5,8H2,1-3H3;4,6,8-10H,5,7H2,1-3H3;4-5,8-9H,6-7H2,1-3H3. The van der Waals surface area contributed by atoms with E-state index in [1.807, 2.05) is 107 Å². The maximum absolute atomic E-state index is 4.62. The number of imidazole rings is 1. The van der Waals surface area contributed by atoms with Crippen molar-refractivity contribution in [1.82, 2.24) is 70.3 Å². The van der Waals surface area contributed by atoms with Crippen molar-refractivity contribution < 1.29 is 0 Å². The van der Waals surface area contributed by atoms with Gasteiger partial charge in [-0.1, -0.05) is 99.6 Å². The molecule has 0 saturated carbocycles. The van der Waals surface area contributed by atoms with Crippen molar-refractivity contribution in [1.29, 1.82) is 0 Å². The summed E-state index contributed by atoms with van der Waals surface area (Å²) in [5.74, 6) is 3.10. The van der Waals surface area contributed by atoms with Gasteiger partial charge in [0, 0.05) is 52.6 Å². The van der Waals surface area contributed by atoms with Crippen LogP contribution in [0.3, 0.4) is 0 Å². The van der Waals surface area contributed by atoms with Gasteiger partial charge in [-0.25, -0.2) is 9.97 Å². The van der Waals surface area contributed by atoms with Gasteiger partial charge in [-0.05, 0) is 234 Å². The first-order valence-corrected chi connectivity index (χ1v) is 35.0. The minimum atomic E-state index is 0.367. The van der Waals surface area contributed by atoms with Gasteiger partial charge in [0.2, 0.25) is 0 Å². The zero-order valence-corrected chi connectivity index (χ0v) is 59.5. The molecule has 0 amide bonds. The highest BCUT2D eigenvalue weighted by atomic mass is 32.1. The number of pyridine rings is 2. The molecule has 10 aromatic heterocycles. The molecule has 2 aliphatic rings. The van der Waals surface area contributed by atoms with Gasteiger partial charge in [0.15, 0.2) is 0 Å². The molecular weight excluding hydrogens is 1200 g/mol. The van der Waals surface area contributed by atoms with Crippen LogP contribution in [0.5, 0.6) is 0 Å². The molecule has 10 aromatic rings. The van der Waals surface area contributed by atoms with Gasteiger partial charge in [0.1, 0.15) is 0 Å². The number of hydrogen-bond acceptors (Lipinski definition) is 16. The van der Waals surface area contributed by atoms with E-state index in [1.165, 1.54) is 54.6 Å². The first-order valence-electron chi connectivity index (χ1n) is 33.3. The molecule has 0 bridgehead atoms. The van der Waals surface area contributed by atoms with E-state index in [4.69, 9.17) is 0 Å². The summed E-state index contributed by atoms with van der Waals surface area (Å²) in [6, 6.07) is 31.2. The van der Waals surface area contributed by atoms with E-state index in [9.17, 15) is 0 Å². The Morgan fingerprint density at radius 1 is 0.436 bits per heavy atom. The van der Waals surface area contributed by atoms with Crippen LogP contribution >= 0.6 is 22.7 Å². The Morgan fingerprint density at radius 2 is 0.957 bits per heavy atom. The van der Waals surface area contributed by atoms with Crippen LogP contribution in [0, 0.1) is 46.5 Å². The summed E-state index contributed by atoms with van der Waals surface area (Å²) in [6.07, 6.45) is 24.3. The van der Waals surface area contributed by atoms with Crippen LogP contribution in [0.4, 0.5) is 0 Å². The molecule has 94 heavy (non-hydrogen) atoms. The average Bonchev–Trinajstić information content (AvgIpc) is 1.70. The highest BCUT2D eigenvalue weighted by Crippen LogP contribution is 2.33. The molecule has 0 aromatic carbocycles. The summed E-state index contributed by atoms with van der Waals surface area (Å²) in [5.41, 5.74) is 22.6. The number of aliphatic imine (C=N–C) groups is 1. The summed E-state index contributed by atoms with van der Waals surface area (Å²) in [5, 5.41) is 47.0.